The van der Waals surface area contributed by atoms with Crippen LogP contribution in [0.1, 0.15) is 79.6 Å². The van der Waals surface area contributed by atoms with E-state index in [1.165, 1.54) is 31.3 Å². The number of fused-ring (bicyclic) bond motifs is 5. The van der Waals surface area contributed by atoms with Gasteiger partial charge in [0.2, 0.25) is 0 Å². The zero-order valence-electron chi connectivity index (χ0n) is 16.7. The highest BCUT2D eigenvalue weighted by Gasteiger charge is 2.66. The summed E-state index contributed by atoms with van der Waals surface area (Å²) >= 11 is 0. The van der Waals surface area contributed by atoms with Crippen molar-refractivity contribution in [2.75, 3.05) is 0 Å². The number of Topliss-reactive ketones (excluding diaryl/α,β-unsaturated/α-hetero) is 1. The zero-order chi connectivity index (χ0) is 18.2. The van der Waals surface area contributed by atoms with E-state index in [0.717, 1.165) is 25.2 Å². The van der Waals surface area contributed by atoms with Gasteiger partial charge in [0.05, 0.1) is 0 Å². The fraction of sp³-hybridized carbons (Fsp3) is 0.826. The summed E-state index contributed by atoms with van der Waals surface area (Å²) in [7, 11) is 0. The van der Waals surface area contributed by atoms with Gasteiger partial charge in [-0.15, -0.1) is 0 Å². The molecule has 0 spiro atoms. The van der Waals surface area contributed by atoms with Crippen molar-refractivity contribution >= 4 is 11.6 Å². The van der Waals surface area contributed by atoms with E-state index in [-0.39, 0.29) is 16.2 Å². The monoisotopic (exact) mass is 342 g/mol. The molecule has 0 aliphatic heterocycles. The van der Waals surface area contributed by atoms with Gasteiger partial charge in [0.25, 0.3) is 0 Å². The second-order valence-corrected chi connectivity index (χ2v) is 10.3. The molecular formula is C23H34O2. The lowest BCUT2D eigenvalue weighted by Gasteiger charge is -2.59. The maximum absolute atomic E-state index is 12.7. The Hall–Kier alpha value is -0.920. The molecule has 0 aromatic heterocycles. The molecular weight excluding hydrogens is 308 g/mol. The van der Waals surface area contributed by atoms with Crippen molar-refractivity contribution in [2.45, 2.75) is 79.6 Å². The van der Waals surface area contributed by atoms with Crippen molar-refractivity contribution in [1.82, 2.24) is 0 Å². The fourth-order valence-corrected chi connectivity index (χ4v) is 7.89. The number of rotatable bonds is 1. The molecule has 0 N–H and O–H groups in total. The lowest BCUT2D eigenvalue weighted by Crippen LogP contribution is -2.53. The van der Waals surface area contributed by atoms with Crippen LogP contribution in [0.3, 0.4) is 0 Å². The summed E-state index contributed by atoms with van der Waals surface area (Å²) in [5.74, 6) is 3.33. The molecule has 0 saturated heterocycles. The first-order chi connectivity index (χ1) is 11.6. The molecule has 0 amide bonds. The van der Waals surface area contributed by atoms with Crippen LogP contribution in [0, 0.1) is 39.9 Å². The largest absolute Gasteiger partial charge is 0.299 e. The molecule has 0 aromatic carbocycles. The molecule has 4 aliphatic carbocycles. The van der Waals surface area contributed by atoms with Crippen LogP contribution >= 0.6 is 0 Å². The number of carbonyl (C=O) groups is 2. The van der Waals surface area contributed by atoms with Gasteiger partial charge in [-0.3, -0.25) is 9.59 Å². The molecule has 0 radical (unpaired) electrons. The van der Waals surface area contributed by atoms with Gasteiger partial charge >= 0.3 is 0 Å². The number of hydrogen-bond acceptors (Lipinski definition) is 2. The molecule has 4 aliphatic rings. The molecule has 2 nitrogen and oxygen atoms in total. The Morgan fingerprint density at radius 3 is 2.48 bits per heavy atom. The van der Waals surface area contributed by atoms with Crippen LogP contribution in [0.2, 0.25) is 0 Å². The van der Waals surface area contributed by atoms with Crippen LogP contribution in [0.15, 0.2) is 11.6 Å². The quantitative estimate of drug-likeness (QED) is 0.643. The fourth-order valence-electron chi connectivity index (χ4n) is 7.89. The Morgan fingerprint density at radius 2 is 1.80 bits per heavy atom. The number of allylic oxidation sites excluding steroid dienone is 1. The molecule has 0 heterocycles. The van der Waals surface area contributed by atoms with Crippen LogP contribution in [0.5, 0.6) is 0 Å². The van der Waals surface area contributed by atoms with Crippen molar-refractivity contribution in [3.63, 3.8) is 0 Å². The first-order valence-corrected chi connectivity index (χ1v) is 10.4. The van der Waals surface area contributed by atoms with Gasteiger partial charge in [-0.25, -0.2) is 0 Å². The number of ketones is 2. The summed E-state index contributed by atoms with van der Waals surface area (Å²) in [6.45, 7) is 11.3. The molecule has 25 heavy (non-hydrogen) atoms. The van der Waals surface area contributed by atoms with Crippen molar-refractivity contribution in [1.29, 1.82) is 0 Å². The summed E-state index contributed by atoms with van der Waals surface area (Å²) < 4.78 is 0. The lowest BCUT2D eigenvalue weighted by atomic mass is 9.45. The Labute approximate surface area is 152 Å². The highest BCUT2D eigenvalue weighted by molar-refractivity contribution is 5.91. The van der Waals surface area contributed by atoms with Crippen LogP contribution in [-0.4, -0.2) is 11.6 Å². The van der Waals surface area contributed by atoms with Crippen molar-refractivity contribution in [3.05, 3.63) is 11.6 Å². The van der Waals surface area contributed by atoms with Crippen LogP contribution in [-0.2, 0) is 9.59 Å². The van der Waals surface area contributed by atoms with Gasteiger partial charge in [0.15, 0.2) is 5.78 Å². The second kappa shape index (κ2) is 5.30. The summed E-state index contributed by atoms with van der Waals surface area (Å²) in [6, 6.07) is 0. The lowest BCUT2D eigenvalue weighted by molar-refractivity contribution is -0.141. The van der Waals surface area contributed by atoms with E-state index < -0.39 is 0 Å². The van der Waals surface area contributed by atoms with Gasteiger partial charge in [0, 0.05) is 11.8 Å². The molecule has 3 saturated carbocycles. The average Bonchev–Trinajstić information content (AvgIpc) is 2.77. The van der Waals surface area contributed by atoms with Gasteiger partial charge in [-0.2, -0.15) is 0 Å². The van der Waals surface area contributed by atoms with Crippen molar-refractivity contribution in [3.8, 4) is 0 Å². The number of hydrogen-bond donors (Lipinski definition) is 0. The molecule has 138 valence electrons. The molecule has 0 unspecified atom stereocenters. The third-order valence-corrected chi connectivity index (χ3v) is 9.86. The second-order valence-electron chi connectivity index (χ2n) is 10.3. The SMILES string of the molecule is CC(=O)[C@@]1(C)[C@H](C)C[C@H]2[C@@H]3CCC4=CC(=O)CC[C@]4(C)[C@H]3CC[C@@]21C. The Kier molecular flexibility index (Phi) is 3.71. The van der Waals surface area contributed by atoms with Crippen molar-refractivity contribution in [2.24, 2.45) is 39.9 Å². The molecule has 4 rings (SSSR count). The highest BCUT2D eigenvalue weighted by Crippen LogP contribution is 2.71. The third-order valence-electron chi connectivity index (χ3n) is 9.86. The maximum Gasteiger partial charge on any atom is 0.155 e. The summed E-state index contributed by atoms with van der Waals surface area (Å²) in [4.78, 5) is 24.6. The van der Waals surface area contributed by atoms with E-state index in [2.05, 4.69) is 27.7 Å². The van der Waals surface area contributed by atoms with Crippen LogP contribution in [0.4, 0.5) is 0 Å². The summed E-state index contributed by atoms with van der Waals surface area (Å²) in [6.07, 6.45) is 9.70. The number of carbonyl (C=O) groups excluding carboxylic acids is 2. The average molecular weight is 343 g/mol. The van der Waals surface area contributed by atoms with E-state index in [1.807, 2.05) is 13.0 Å². The standard InChI is InChI=1S/C23H34O2/c1-14-12-20-18-7-6-16-13-17(25)8-10-21(16,3)19(18)9-11-22(20,4)23(14,5)15(2)24/h13-14,18-20H,6-12H2,1-5H3/t14-,18-,19+,20+,21+,22+,23-/m1/s1. The summed E-state index contributed by atoms with van der Waals surface area (Å²) in [5, 5.41) is 0. The Bertz CT molecular complexity index is 661. The van der Waals surface area contributed by atoms with Crippen LogP contribution < -0.4 is 0 Å². The van der Waals surface area contributed by atoms with Gasteiger partial charge < -0.3 is 0 Å². The normalized spacial score (nSPS) is 52.0. The topological polar surface area (TPSA) is 34.1 Å². The molecule has 3 fully saturated rings. The van der Waals surface area contributed by atoms with Gasteiger partial charge in [-0.05, 0) is 86.0 Å². The predicted molar refractivity (Wildman–Crippen MR) is 100 cm³/mol. The minimum Gasteiger partial charge on any atom is -0.299 e. The highest BCUT2D eigenvalue weighted by atomic mass is 16.1. The first kappa shape index (κ1) is 17.5. The van der Waals surface area contributed by atoms with E-state index in [4.69, 9.17) is 0 Å². The summed E-state index contributed by atoms with van der Waals surface area (Å²) in [5.41, 5.74) is 1.66. The van der Waals surface area contributed by atoms with E-state index in [9.17, 15) is 9.59 Å². The van der Waals surface area contributed by atoms with E-state index >= 15 is 0 Å². The van der Waals surface area contributed by atoms with E-state index in [0.29, 0.717) is 29.3 Å². The minimum absolute atomic E-state index is 0.154. The van der Waals surface area contributed by atoms with E-state index in [1.54, 1.807) is 0 Å². The Balaban J connectivity index is 1.72. The van der Waals surface area contributed by atoms with Gasteiger partial charge in [0.1, 0.15) is 5.78 Å². The third kappa shape index (κ3) is 2.03. The van der Waals surface area contributed by atoms with Crippen LogP contribution in [0.25, 0.3) is 0 Å². The molecule has 0 aromatic rings. The van der Waals surface area contributed by atoms with Crippen molar-refractivity contribution < 1.29 is 9.59 Å². The van der Waals surface area contributed by atoms with Gasteiger partial charge in [-0.1, -0.05) is 33.3 Å². The predicted octanol–water partition coefficient (Wildman–Crippen LogP) is 5.36. The maximum atomic E-state index is 12.7. The minimum atomic E-state index is -0.164. The molecule has 2 heteroatoms. The molecule has 7 atom stereocenters. The first-order valence-electron chi connectivity index (χ1n) is 10.4. The smallest absolute Gasteiger partial charge is 0.155 e. The Morgan fingerprint density at radius 1 is 1.08 bits per heavy atom. The zero-order valence-corrected chi connectivity index (χ0v) is 16.7. The molecule has 0 bridgehead atoms.